The normalized spacial score (nSPS) is 11.7. The molecule has 1 N–H and O–H groups in total. The molecule has 2 rings (SSSR count). The van der Waals surface area contributed by atoms with Crippen LogP contribution in [-0.4, -0.2) is 23.6 Å². The van der Waals surface area contributed by atoms with Gasteiger partial charge in [-0.3, -0.25) is 4.79 Å². The second-order valence-corrected chi connectivity index (χ2v) is 5.58. The van der Waals surface area contributed by atoms with Crippen LogP contribution in [0.15, 0.2) is 36.5 Å². The van der Waals surface area contributed by atoms with Crippen molar-refractivity contribution < 1.29 is 14.3 Å². The number of rotatable bonds is 7. The number of benzene rings is 1. The van der Waals surface area contributed by atoms with Gasteiger partial charge < -0.3 is 14.8 Å². The van der Waals surface area contributed by atoms with Gasteiger partial charge in [0.15, 0.2) is 6.10 Å². The third-order valence-electron chi connectivity index (χ3n) is 3.81. The van der Waals surface area contributed by atoms with Crippen LogP contribution in [0.4, 0.5) is 0 Å². The van der Waals surface area contributed by atoms with Crippen LogP contribution in [0.1, 0.15) is 30.5 Å². The number of aromatic nitrogens is 1. The van der Waals surface area contributed by atoms with Gasteiger partial charge in [0.1, 0.15) is 5.75 Å². The Kier molecular flexibility index (Phi) is 6.18. The summed E-state index contributed by atoms with van der Waals surface area (Å²) in [5.41, 5.74) is 3.02. The molecule has 0 aliphatic carbocycles. The lowest BCUT2D eigenvalue weighted by Crippen LogP contribution is -2.36. The van der Waals surface area contributed by atoms with Crippen LogP contribution in [0.2, 0.25) is 0 Å². The summed E-state index contributed by atoms with van der Waals surface area (Å²) in [4.78, 5) is 16.5. The van der Waals surface area contributed by atoms with Crippen molar-refractivity contribution in [2.24, 2.45) is 0 Å². The summed E-state index contributed by atoms with van der Waals surface area (Å²) in [6.45, 7) is 8.53. The molecule has 2 aromatic rings. The van der Waals surface area contributed by atoms with E-state index in [1.807, 2.05) is 51.1 Å². The van der Waals surface area contributed by atoms with Crippen LogP contribution in [0.3, 0.4) is 0 Å². The Balaban J connectivity index is 1.96. The molecule has 0 aliphatic heterocycles. The summed E-state index contributed by atoms with van der Waals surface area (Å²) < 4.78 is 11.3. The van der Waals surface area contributed by atoms with Crippen LogP contribution in [-0.2, 0) is 11.3 Å². The van der Waals surface area contributed by atoms with Gasteiger partial charge in [-0.2, -0.15) is 0 Å². The van der Waals surface area contributed by atoms with E-state index >= 15 is 0 Å². The molecule has 1 atom stereocenters. The first-order valence-electron chi connectivity index (χ1n) is 8.10. The molecule has 1 aromatic heterocycles. The van der Waals surface area contributed by atoms with Crippen molar-refractivity contribution in [2.45, 2.75) is 40.3 Å². The highest BCUT2D eigenvalue weighted by molar-refractivity contribution is 5.80. The third-order valence-corrected chi connectivity index (χ3v) is 3.81. The number of nitrogens with zero attached hydrogens (tertiary/aromatic N) is 1. The Morgan fingerprint density at radius 3 is 2.79 bits per heavy atom. The molecular weight excluding hydrogens is 304 g/mol. The predicted molar refractivity (Wildman–Crippen MR) is 93.3 cm³/mol. The zero-order chi connectivity index (χ0) is 17.5. The van der Waals surface area contributed by atoms with Crippen LogP contribution in [0, 0.1) is 13.8 Å². The van der Waals surface area contributed by atoms with E-state index in [0.29, 0.717) is 19.0 Å². The molecule has 0 bridgehead atoms. The molecule has 5 heteroatoms. The zero-order valence-electron chi connectivity index (χ0n) is 14.6. The molecule has 1 heterocycles. The molecule has 5 nitrogen and oxygen atoms in total. The maximum atomic E-state index is 12.3. The first-order chi connectivity index (χ1) is 11.5. The minimum absolute atomic E-state index is 0.179. The molecule has 0 radical (unpaired) electrons. The number of pyridine rings is 1. The number of carbonyl (C=O) groups is 1. The minimum Gasteiger partial charge on any atom is -0.481 e. The lowest BCUT2D eigenvalue weighted by molar-refractivity contribution is -0.127. The smallest absolute Gasteiger partial charge is 0.261 e. The van der Waals surface area contributed by atoms with Gasteiger partial charge in [-0.1, -0.05) is 18.2 Å². The van der Waals surface area contributed by atoms with Crippen molar-refractivity contribution in [3.8, 4) is 11.6 Å². The molecule has 0 spiro atoms. The molecule has 0 fully saturated rings. The number of hydrogen-bond acceptors (Lipinski definition) is 4. The second-order valence-electron chi connectivity index (χ2n) is 5.58. The van der Waals surface area contributed by atoms with E-state index in [4.69, 9.17) is 9.47 Å². The molecule has 0 saturated heterocycles. The summed E-state index contributed by atoms with van der Waals surface area (Å²) in [5, 5.41) is 2.87. The molecule has 1 aromatic carbocycles. The van der Waals surface area contributed by atoms with Crippen LogP contribution >= 0.6 is 0 Å². The quantitative estimate of drug-likeness (QED) is 0.848. The van der Waals surface area contributed by atoms with E-state index in [1.165, 1.54) is 0 Å². The zero-order valence-corrected chi connectivity index (χ0v) is 14.6. The molecule has 128 valence electrons. The Bertz CT molecular complexity index is 701. The Hall–Kier alpha value is -2.56. The molecule has 0 unspecified atom stereocenters. The van der Waals surface area contributed by atoms with E-state index in [2.05, 4.69) is 10.3 Å². The van der Waals surface area contributed by atoms with Gasteiger partial charge in [-0.15, -0.1) is 0 Å². The van der Waals surface area contributed by atoms with E-state index in [9.17, 15) is 4.79 Å². The number of amides is 1. The largest absolute Gasteiger partial charge is 0.481 e. The van der Waals surface area contributed by atoms with Gasteiger partial charge in [0.25, 0.3) is 5.91 Å². The fraction of sp³-hybridized carbons (Fsp3) is 0.368. The standard InChI is InChI=1S/C19H24N2O3/c1-5-23-19-16(9-7-11-20-19)12-21-18(22)15(4)24-17-10-6-8-13(2)14(17)3/h6-11,15H,5,12H2,1-4H3,(H,21,22)/t15-/m0/s1. The van der Waals surface area contributed by atoms with E-state index in [-0.39, 0.29) is 5.91 Å². The Morgan fingerprint density at radius 2 is 2.04 bits per heavy atom. The van der Waals surface area contributed by atoms with Crippen LogP contribution in [0.25, 0.3) is 0 Å². The summed E-state index contributed by atoms with van der Waals surface area (Å²) >= 11 is 0. The molecular formula is C19H24N2O3. The van der Waals surface area contributed by atoms with Gasteiger partial charge >= 0.3 is 0 Å². The number of ether oxygens (including phenoxy) is 2. The summed E-state index contributed by atoms with van der Waals surface area (Å²) in [5.74, 6) is 1.10. The third kappa shape index (κ3) is 4.47. The van der Waals surface area contributed by atoms with Gasteiger partial charge in [0.2, 0.25) is 5.88 Å². The van der Waals surface area contributed by atoms with E-state index < -0.39 is 6.10 Å². The monoisotopic (exact) mass is 328 g/mol. The van der Waals surface area contributed by atoms with Crippen LogP contribution in [0.5, 0.6) is 11.6 Å². The summed E-state index contributed by atoms with van der Waals surface area (Å²) in [6, 6.07) is 9.52. The highest BCUT2D eigenvalue weighted by Crippen LogP contribution is 2.22. The fourth-order valence-corrected chi connectivity index (χ4v) is 2.25. The number of nitrogens with one attached hydrogen (secondary N) is 1. The number of carbonyl (C=O) groups excluding carboxylic acids is 1. The van der Waals surface area contributed by atoms with Crippen molar-refractivity contribution in [3.63, 3.8) is 0 Å². The van der Waals surface area contributed by atoms with E-state index in [1.54, 1.807) is 13.1 Å². The Morgan fingerprint density at radius 1 is 1.25 bits per heavy atom. The van der Waals surface area contributed by atoms with Crippen molar-refractivity contribution in [2.75, 3.05) is 6.61 Å². The lowest BCUT2D eigenvalue weighted by Gasteiger charge is -2.17. The predicted octanol–water partition coefficient (Wildman–Crippen LogP) is 3.18. The highest BCUT2D eigenvalue weighted by atomic mass is 16.5. The summed E-state index contributed by atoms with van der Waals surface area (Å²) in [6.07, 6.45) is 1.08. The van der Waals surface area contributed by atoms with Crippen molar-refractivity contribution >= 4 is 5.91 Å². The van der Waals surface area contributed by atoms with Crippen molar-refractivity contribution in [3.05, 3.63) is 53.2 Å². The molecule has 1 amide bonds. The summed E-state index contributed by atoms with van der Waals surface area (Å²) in [7, 11) is 0. The maximum absolute atomic E-state index is 12.3. The fourth-order valence-electron chi connectivity index (χ4n) is 2.25. The average Bonchev–Trinajstić information content (AvgIpc) is 2.58. The van der Waals surface area contributed by atoms with Crippen molar-refractivity contribution in [1.82, 2.24) is 10.3 Å². The van der Waals surface area contributed by atoms with Gasteiger partial charge in [0, 0.05) is 18.3 Å². The highest BCUT2D eigenvalue weighted by Gasteiger charge is 2.16. The first-order valence-corrected chi connectivity index (χ1v) is 8.10. The van der Waals surface area contributed by atoms with Gasteiger partial charge in [0.05, 0.1) is 6.61 Å². The van der Waals surface area contributed by atoms with Crippen molar-refractivity contribution in [1.29, 1.82) is 0 Å². The van der Waals surface area contributed by atoms with Crippen LogP contribution < -0.4 is 14.8 Å². The lowest BCUT2D eigenvalue weighted by atomic mass is 10.1. The molecule has 0 aliphatic rings. The maximum Gasteiger partial charge on any atom is 0.261 e. The minimum atomic E-state index is -0.585. The number of hydrogen-bond donors (Lipinski definition) is 1. The first kappa shape index (κ1) is 17.8. The van der Waals surface area contributed by atoms with E-state index in [0.717, 1.165) is 22.4 Å². The molecule has 0 saturated carbocycles. The topological polar surface area (TPSA) is 60.5 Å². The Labute approximate surface area is 143 Å². The second kappa shape index (κ2) is 8.34. The van der Waals surface area contributed by atoms with Gasteiger partial charge in [-0.05, 0) is 51.0 Å². The van der Waals surface area contributed by atoms with Gasteiger partial charge in [-0.25, -0.2) is 4.98 Å². The molecule has 24 heavy (non-hydrogen) atoms. The average molecular weight is 328 g/mol. The SMILES string of the molecule is CCOc1ncccc1CNC(=O)[C@H](C)Oc1cccc(C)c1C. The number of aryl methyl sites for hydroxylation is 1.